The van der Waals surface area contributed by atoms with E-state index < -0.39 is 12.6 Å². The second-order valence-corrected chi connectivity index (χ2v) is 5.45. The molecule has 0 aliphatic heterocycles. The summed E-state index contributed by atoms with van der Waals surface area (Å²) in [6.07, 6.45) is 2.58. The highest BCUT2D eigenvalue weighted by atomic mass is 19.4. The number of hydrogen-bond acceptors (Lipinski definition) is 4. The van der Waals surface area contributed by atoms with Crippen LogP contribution < -0.4 is 0 Å². The van der Waals surface area contributed by atoms with Crippen molar-refractivity contribution in [2.45, 2.75) is 12.6 Å². The Morgan fingerprint density at radius 3 is 2.68 bits per heavy atom. The number of aromatic amines is 1. The molecule has 0 atom stereocenters. The van der Waals surface area contributed by atoms with Gasteiger partial charge < -0.3 is 4.98 Å². The number of halogens is 3. The summed E-state index contributed by atoms with van der Waals surface area (Å²) in [5, 5.41) is 4.23. The van der Waals surface area contributed by atoms with E-state index in [-0.39, 0.29) is 5.56 Å². The van der Waals surface area contributed by atoms with Crippen molar-refractivity contribution in [2.75, 3.05) is 0 Å². The molecule has 0 aliphatic carbocycles. The molecule has 0 unspecified atom stereocenters. The highest BCUT2D eigenvalue weighted by Gasteiger charge is 2.27. The van der Waals surface area contributed by atoms with Crippen LogP contribution in [0.4, 0.5) is 13.2 Å². The van der Waals surface area contributed by atoms with Crippen molar-refractivity contribution in [3.63, 3.8) is 0 Å². The Morgan fingerprint density at radius 1 is 1.04 bits per heavy atom. The average molecular weight is 344 g/mol. The fourth-order valence-corrected chi connectivity index (χ4v) is 2.56. The molecule has 0 aromatic carbocycles. The zero-order valence-corrected chi connectivity index (χ0v) is 12.7. The first kappa shape index (κ1) is 15.3. The van der Waals surface area contributed by atoms with Gasteiger partial charge in [-0.05, 0) is 17.7 Å². The molecule has 6 nitrogen and oxygen atoms in total. The number of hydrogen-bond donors (Lipinski definition) is 1. The maximum Gasteiger partial charge on any atom is 0.393 e. The van der Waals surface area contributed by atoms with E-state index in [2.05, 4.69) is 25.0 Å². The Morgan fingerprint density at radius 2 is 1.92 bits per heavy atom. The maximum absolute atomic E-state index is 12.4. The lowest BCUT2D eigenvalue weighted by Crippen LogP contribution is -2.12. The Bertz CT molecular complexity index is 1020. The van der Waals surface area contributed by atoms with Gasteiger partial charge in [-0.1, -0.05) is 6.07 Å². The lowest BCUT2D eigenvalue weighted by molar-refractivity contribution is -0.127. The minimum Gasteiger partial charge on any atom is -0.329 e. The van der Waals surface area contributed by atoms with E-state index >= 15 is 0 Å². The molecule has 0 spiro atoms. The van der Waals surface area contributed by atoms with Crippen LogP contribution in [-0.2, 0) is 6.42 Å². The van der Waals surface area contributed by atoms with Gasteiger partial charge in [0.05, 0.1) is 18.9 Å². The first-order valence-electron chi connectivity index (χ1n) is 7.35. The zero-order valence-electron chi connectivity index (χ0n) is 12.7. The van der Waals surface area contributed by atoms with Gasteiger partial charge in [0.1, 0.15) is 5.52 Å². The summed E-state index contributed by atoms with van der Waals surface area (Å²) in [6.45, 7) is 0. The smallest absolute Gasteiger partial charge is 0.329 e. The molecule has 0 aliphatic rings. The first-order chi connectivity index (χ1) is 12.0. The van der Waals surface area contributed by atoms with Gasteiger partial charge in [-0.15, -0.1) is 0 Å². The zero-order chi connectivity index (χ0) is 17.4. The summed E-state index contributed by atoms with van der Waals surface area (Å²) >= 11 is 0. The molecule has 0 amide bonds. The van der Waals surface area contributed by atoms with Gasteiger partial charge in [0.2, 0.25) is 0 Å². The molecule has 25 heavy (non-hydrogen) atoms. The Kier molecular flexibility index (Phi) is 3.48. The fourth-order valence-electron chi connectivity index (χ4n) is 2.56. The van der Waals surface area contributed by atoms with E-state index in [9.17, 15) is 13.2 Å². The molecule has 4 aromatic rings. The molecule has 0 bridgehead atoms. The normalized spacial score (nSPS) is 12.0. The van der Waals surface area contributed by atoms with Gasteiger partial charge in [0.15, 0.2) is 11.5 Å². The number of nitrogens with one attached hydrogen (secondary N) is 1. The third-order valence-corrected chi connectivity index (χ3v) is 3.66. The third-order valence-electron chi connectivity index (χ3n) is 3.66. The van der Waals surface area contributed by atoms with Gasteiger partial charge in [-0.2, -0.15) is 18.3 Å². The highest BCUT2D eigenvalue weighted by molar-refractivity contribution is 5.88. The highest BCUT2D eigenvalue weighted by Crippen LogP contribution is 2.25. The van der Waals surface area contributed by atoms with E-state index in [4.69, 9.17) is 0 Å². The van der Waals surface area contributed by atoms with E-state index in [0.29, 0.717) is 11.5 Å². The Balaban J connectivity index is 1.64. The lowest BCUT2D eigenvalue weighted by atomic mass is 10.1. The number of pyridine rings is 2. The number of fused-ring (bicyclic) bond motifs is 1. The predicted octanol–water partition coefficient (Wildman–Crippen LogP) is 3.31. The topological polar surface area (TPSA) is 72.3 Å². The summed E-state index contributed by atoms with van der Waals surface area (Å²) in [4.78, 5) is 15.4. The van der Waals surface area contributed by atoms with Crippen LogP contribution in [0.2, 0.25) is 0 Å². The van der Waals surface area contributed by atoms with Crippen molar-refractivity contribution < 1.29 is 13.2 Å². The molecular formula is C16H11F3N6. The molecule has 4 aromatic heterocycles. The van der Waals surface area contributed by atoms with E-state index in [1.807, 2.05) is 6.07 Å². The van der Waals surface area contributed by atoms with Gasteiger partial charge in [-0.3, -0.25) is 0 Å². The van der Waals surface area contributed by atoms with Gasteiger partial charge >= 0.3 is 6.18 Å². The Hall–Kier alpha value is -3.23. The van der Waals surface area contributed by atoms with Crippen LogP contribution in [0, 0.1) is 0 Å². The van der Waals surface area contributed by atoms with Crippen LogP contribution in [0.5, 0.6) is 0 Å². The molecule has 1 N–H and O–H groups in total. The number of H-pyrrole nitrogens is 1. The van der Waals surface area contributed by atoms with Gasteiger partial charge in [0.25, 0.3) is 0 Å². The first-order valence-corrected chi connectivity index (χ1v) is 7.35. The van der Waals surface area contributed by atoms with Crippen molar-refractivity contribution in [3.05, 3.63) is 54.9 Å². The van der Waals surface area contributed by atoms with Gasteiger partial charge in [0, 0.05) is 29.7 Å². The number of imidazole rings is 1. The number of aromatic nitrogens is 6. The monoisotopic (exact) mass is 344 g/mol. The van der Waals surface area contributed by atoms with Crippen LogP contribution in [-0.4, -0.2) is 35.9 Å². The van der Waals surface area contributed by atoms with Crippen LogP contribution in [0.25, 0.3) is 28.1 Å². The van der Waals surface area contributed by atoms with Gasteiger partial charge in [-0.25, -0.2) is 19.6 Å². The van der Waals surface area contributed by atoms with Crippen LogP contribution >= 0.6 is 0 Å². The van der Waals surface area contributed by atoms with Crippen molar-refractivity contribution >= 4 is 11.2 Å². The van der Waals surface area contributed by atoms with Crippen LogP contribution in [0.15, 0.2) is 49.3 Å². The van der Waals surface area contributed by atoms with E-state index in [1.54, 1.807) is 24.9 Å². The molecule has 4 heterocycles. The molecule has 4 rings (SSSR count). The predicted molar refractivity (Wildman–Crippen MR) is 84.0 cm³/mol. The third kappa shape index (κ3) is 3.08. The molecule has 9 heteroatoms. The minimum atomic E-state index is -4.25. The largest absolute Gasteiger partial charge is 0.393 e. The second-order valence-electron chi connectivity index (χ2n) is 5.45. The quantitative estimate of drug-likeness (QED) is 0.619. The Labute approximate surface area is 139 Å². The summed E-state index contributed by atoms with van der Waals surface area (Å²) in [5.41, 5.74) is 3.15. The lowest BCUT2D eigenvalue weighted by Gasteiger charge is -2.06. The van der Waals surface area contributed by atoms with Crippen molar-refractivity contribution in [1.82, 2.24) is 29.7 Å². The number of rotatable bonds is 3. The summed E-state index contributed by atoms with van der Waals surface area (Å²) in [7, 11) is 0. The van der Waals surface area contributed by atoms with E-state index in [1.165, 1.54) is 23.0 Å². The molecule has 0 saturated heterocycles. The number of nitrogens with zero attached hydrogens (tertiary/aromatic N) is 5. The summed E-state index contributed by atoms with van der Waals surface area (Å²) < 4.78 is 38.7. The maximum atomic E-state index is 12.4. The van der Waals surface area contributed by atoms with Crippen molar-refractivity contribution in [3.8, 4) is 16.9 Å². The summed E-state index contributed by atoms with van der Waals surface area (Å²) in [6, 6.07) is 4.73. The van der Waals surface area contributed by atoms with Crippen LogP contribution in [0.3, 0.4) is 0 Å². The SMILES string of the molecule is FC(F)(F)Cc1ccc(-n2cc(-c3ccnc4[nH]cnc34)cn2)nc1. The van der Waals surface area contributed by atoms with Crippen LogP contribution in [0.1, 0.15) is 5.56 Å². The molecule has 0 saturated carbocycles. The minimum absolute atomic E-state index is 0.107. The van der Waals surface area contributed by atoms with Crippen molar-refractivity contribution in [2.24, 2.45) is 0 Å². The number of alkyl halides is 3. The van der Waals surface area contributed by atoms with E-state index in [0.717, 1.165) is 16.6 Å². The average Bonchev–Trinajstić information content (AvgIpc) is 3.23. The fraction of sp³-hybridized carbons (Fsp3) is 0.125. The standard InChI is InChI=1S/C16H11F3N6/c17-16(18,19)5-10-1-2-13(21-6-10)25-8-11(7-24-25)12-3-4-20-15-14(12)22-9-23-15/h1-4,6-9H,5H2,(H,20,22,23). The molecule has 126 valence electrons. The summed E-state index contributed by atoms with van der Waals surface area (Å²) in [5.74, 6) is 0.435. The molecule has 0 radical (unpaired) electrons. The second kappa shape index (κ2) is 5.69. The van der Waals surface area contributed by atoms with Crippen molar-refractivity contribution in [1.29, 1.82) is 0 Å². The molecule has 0 fully saturated rings. The molecular weight excluding hydrogens is 333 g/mol.